The Morgan fingerprint density at radius 1 is 1.00 bits per heavy atom. The van der Waals surface area contributed by atoms with Crippen LogP contribution in [0.2, 0.25) is 0 Å². The molecular weight excluding hydrogens is 404 g/mol. The summed E-state index contributed by atoms with van der Waals surface area (Å²) in [5.74, 6) is -0.906. The summed E-state index contributed by atoms with van der Waals surface area (Å²) in [6.07, 6.45) is 2.95. The van der Waals surface area contributed by atoms with Crippen molar-refractivity contribution >= 4 is 38.3 Å². The average molecular weight is 427 g/mol. The normalized spacial score (nSPS) is 11.4. The van der Waals surface area contributed by atoms with E-state index in [1.54, 1.807) is 29.5 Å². The summed E-state index contributed by atoms with van der Waals surface area (Å²) >= 11 is 1.80. The summed E-state index contributed by atoms with van der Waals surface area (Å²) in [5.41, 5.74) is 10.7. The number of hydrogen-bond acceptors (Lipinski definition) is 3. The Kier molecular flexibility index (Phi) is 5.06. The third-order valence-electron chi connectivity index (χ3n) is 5.61. The van der Waals surface area contributed by atoms with Crippen molar-refractivity contribution in [2.24, 2.45) is 5.73 Å². The van der Waals surface area contributed by atoms with Crippen LogP contribution in [0, 0.1) is 0 Å². The van der Waals surface area contributed by atoms with E-state index in [2.05, 4.69) is 59.3 Å². The van der Waals surface area contributed by atoms with Crippen molar-refractivity contribution in [3.8, 4) is 10.4 Å². The Morgan fingerprint density at radius 3 is 2.68 bits per heavy atom. The van der Waals surface area contributed by atoms with Gasteiger partial charge < -0.3 is 15.4 Å². The molecule has 31 heavy (non-hydrogen) atoms. The highest BCUT2D eigenvalue weighted by Gasteiger charge is 2.12. The number of aromatic carboxylic acids is 1. The van der Waals surface area contributed by atoms with Crippen molar-refractivity contribution < 1.29 is 9.90 Å². The number of nitrogens with two attached hydrogens (primary N) is 1. The van der Waals surface area contributed by atoms with Crippen molar-refractivity contribution in [2.45, 2.75) is 13.0 Å². The van der Waals surface area contributed by atoms with Gasteiger partial charge in [-0.15, -0.1) is 11.3 Å². The summed E-state index contributed by atoms with van der Waals surface area (Å²) in [6, 6.07) is 24.4. The standard InChI is InChI=1S/C26H22N2O2S/c27-11-10-21-16-28(15-17-4-3-6-20(12-17)26(29)30)23-9-8-19(13-22(21)23)25-14-18-5-1-2-7-24(18)31-25/h1-9,12-14,16H,10-11,15,27H2,(H,29,30). The molecule has 0 bridgehead atoms. The second kappa shape index (κ2) is 8.02. The van der Waals surface area contributed by atoms with Gasteiger partial charge in [0.25, 0.3) is 0 Å². The maximum atomic E-state index is 11.3. The molecule has 4 nitrogen and oxygen atoms in total. The average Bonchev–Trinajstić information content (AvgIpc) is 3.36. The van der Waals surface area contributed by atoms with Gasteiger partial charge in [0, 0.05) is 33.2 Å². The predicted molar refractivity (Wildman–Crippen MR) is 128 cm³/mol. The van der Waals surface area contributed by atoms with E-state index in [1.165, 1.54) is 31.5 Å². The van der Waals surface area contributed by atoms with E-state index in [1.807, 2.05) is 6.07 Å². The van der Waals surface area contributed by atoms with E-state index in [-0.39, 0.29) is 0 Å². The maximum absolute atomic E-state index is 11.3. The highest BCUT2D eigenvalue weighted by molar-refractivity contribution is 7.22. The maximum Gasteiger partial charge on any atom is 0.335 e. The summed E-state index contributed by atoms with van der Waals surface area (Å²) in [5, 5.41) is 11.8. The molecule has 0 fully saturated rings. The molecule has 0 aliphatic heterocycles. The van der Waals surface area contributed by atoms with E-state index in [0.717, 1.165) is 17.5 Å². The highest BCUT2D eigenvalue weighted by Crippen LogP contribution is 2.36. The van der Waals surface area contributed by atoms with Gasteiger partial charge in [-0.05, 0) is 71.4 Å². The van der Waals surface area contributed by atoms with Crippen molar-refractivity contribution in [2.75, 3.05) is 6.54 Å². The van der Waals surface area contributed by atoms with E-state index in [4.69, 9.17) is 5.73 Å². The molecular formula is C26H22N2O2S. The zero-order valence-electron chi connectivity index (χ0n) is 16.9. The fraction of sp³-hybridized carbons (Fsp3) is 0.115. The summed E-state index contributed by atoms with van der Waals surface area (Å²) in [7, 11) is 0. The first-order valence-electron chi connectivity index (χ1n) is 10.3. The zero-order valence-corrected chi connectivity index (χ0v) is 17.7. The quantitative estimate of drug-likeness (QED) is 0.362. The number of aromatic nitrogens is 1. The molecule has 0 unspecified atom stereocenters. The molecule has 0 aliphatic carbocycles. The molecule has 5 heteroatoms. The van der Waals surface area contributed by atoms with Crippen LogP contribution < -0.4 is 5.73 Å². The Morgan fingerprint density at radius 2 is 1.87 bits per heavy atom. The number of thiophene rings is 1. The van der Waals surface area contributed by atoms with E-state index in [9.17, 15) is 9.90 Å². The SMILES string of the molecule is NCCc1cn(Cc2cccc(C(=O)O)c2)c2ccc(-c3cc4ccccc4s3)cc12. The fourth-order valence-electron chi connectivity index (χ4n) is 4.13. The van der Waals surface area contributed by atoms with E-state index < -0.39 is 5.97 Å². The Bertz CT molecular complexity index is 1380. The molecule has 3 aromatic carbocycles. The highest BCUT2D eigenvalue weighted by atomic mass is 32.1. The first kappa shape index (κ1) is 19.5. The first-order chi connectivity index (χ1) is 15.1. The number of carbonyl (C=O) groups is 1. The van der Waals surface area contributed by atoms with Gasteiger partial charge in [-0.25, -0.2) is 4.79 Å². The van der Waals surface area contributed by atoms with Crippen LogP contribution in [0.1, 0.15) is 21.5 Å². The minimum atomic E-state index is -0.906. The molecule has 0 radical (unpaired) electrons. The lowest BCUT2D eigenvalue weighted by Gasteiger charge is -2.07. The van der Waals surface area contributed by atoms with Crippen LogP contribution >= 0.6 is 11.3 Å². The van der Waals surface area contributed by atoms with Crippen molar-refractivity contribution in [1.82, 2.24) is 4.57 Å². The number of benzene rings is 3. The molecule has 0 saturated carbocycles. The lowest BCUT2D eigenvalue weighted by Crippen LogP contribution is -2.03. The summed E-state index contributed by atoms with van der Waals surface area (Å²) < 4.78 is 3.48. The smallest absolute Gasteiger partial charge is 0.335 e. The third kappa shape index (κ3) is 3.74. The summed E-state index contributed by atoms with van der Waals surface area (Å²) in [4.78, 5) is 12.6. The monoisotopic (exact) mass is 426 g/mol. The zero-order chi connectivity index (χ0) is 21.4. The van der Waals surface area contributed by atoms with Gasteiger partial charge in [0.15, 0.2) is 0 Å². The van der Waals surface area contributed by atoms with Crippen molar-refractivity contribution in [3.63, 3.8) is 0 Å². The molecule has 2 aromatic heterocycles. The van der Waals surface area contributed by atoms with E-state index in [0.29, 0.717) is 18.7 Å². The summed E-state index contributed by atoms with van der Waals surface area (Å²) in [6.45, 7) is 1.20. The Balaban J connectivity index is 1.57. The minimum Gasteiger partial charge on any atom is -0.478 e. The largest absolute Gasteiger partial charge is 0.478 e. The van der Waals surface area contributed by atoms with Gasteiger partial charge in [0.2, 0.25) is 0 Å². The Hall–Kier alpha value is -3.41. The number of carboxylic acid groups (broad SMARTS) is 1. The lowest BCUT2D eigenvalue weighted by atomic mass is 10.1. The molecule has 2 heterocycles. The topological polar surface area (TPSA) is 68.2 Å². The van der Waals surface area contributed by atoms with Crippen LogP contribution in [0.15, 0.2) is 79.0 Å². The van der Waals surface area contributed by atoms with Crippen LogP contribution in [0.3, 0.4) is 0 Å². The molecule has 0 aliphatic rings. The van der Waals surface area contributed by atoms with Crippen LogP contribution in [0.5, 0.6) is 0 Å². The van der Waals surface area contributed by atoms with Gasteiger partial charge in [-0.1, -0.05) is 36.4 Å². The second-order valence-corrected chi connectivity index (χ2v) is 8.79. The first-order valence-corrected chi connectivity index (χ1v) is 11.1. The van der Waals surface area contributed by atoms with E-state index >= 15 is 0 Å². The van der Waals surface area contributed by atoms with Gasteiger partial charge >= 0.3 is 5.97 Å². The Labute approximate surface area is 184 Å². The molecule has 154 valence electrons. The van der Waals surface area contributed by atoms with Crippen LogP contribution in [0.25, 0.3) is 31.4 Å². The molecule has 0 amide bonds. The van der Waals surface area contributed by atoms with Crippen molar-refractivity contribution in [3.05, 3.63) is 95.7 Å². The van der Waals surface area contributed by atoms with Crippen molar-refractivity contribution in [1.29, 1.82) is 0 Å². The lowest BCUT2D eigenvalue weighted by molar-refractivity contribution is 0.0696. The minimum absolute atomic E-state index is 0.309. The third-order valence-corrected chi connectivity index (χ3v) is 6.78. The molecule has 0 spiro atoms. The molecule has 0 atom stereocenters. The predicted octanol–water partition coefficient (Wildman–Crippen LogP) is 5.77. The number of rotatable bonds is 6. The van der Waals surface area contributed by atoms with Crippen LogP contribution in [-0.4, -0.2) is 22.2 Å². The second-order valence-electron chi connectivity index (χ2n) is 7.71. The van der Waals surface area contributed by atoms with Gasteiger partial charge in [-0.3, -0.25) is 0 Å². The number of nitrogens with zero attached hydrogens (tertiary/aromatic N) is 1. The van der Waals surface area contributed by atoms with Gasteiger partial charge in [0.05, 0.1) is 5.56 Å². The van der Waals surface area contributed by atoms with Gasteiger partial charge in [0.1, 0.15) is 0 Å². The molecule has 5 aromatic rings. The van der Waals surface area contributed by atoms with Crippen LogP contribution in [-0.2, 0) is 13.0 Å². The molecule has 0 saturated heterocycles. The molecule has 3 N–H and O–H groups in total. The number of carboxylic acids is 1. The van der Waals surface area contributed by atoms with Crippen LogP contribution in [0.4, 0.5) is 0 Å². The molecule has 5 rings (SSSR count). The van der Waals surface area contributed by atoms with Gasteiger partial charge in [-0.2, -0.15) is 0 Å². The fourth-order valence-corrected chi connectivity index (χ4v) is 5.19. The number of hydrogen-bond donors (Lipinski definition) is 2. The number of fused-ring (bicyclic) bond motifs is 2.